The molecule has 1 aliphatic rings. The zero-order valence-electron chi connectivity index (χ0n) is 20.2. The van der Waals surface area contributed by atoms with Crippen LogP contribution in [0.25, 0.3) is 17.2 Å². The van der Waals surface area contributed by atoms with Crippen molar-refractivity contribution in [2.75, 3.05) is 33.8 Å². The Morgan fingerprint density at radius 2 is 1.56 bits per heavy atom. The number of anilines is 1. The molecule has 9 nitrogen and oxygen atoms in total. The van der Waals surface area contributed by atoms with Gasteiger partial charge in [0.15, 0.2) is 11.5 Å². The van der Waals surface area contributed by atoms with Crippen LogP contribution in [0.15, 0.2) is 55.1 Å². The molecule has 0 radical (unpaired) electrons. The van der Waals surface area contributed by atoms with Crippen molar-refractivity contribution in [3.8, 4) is 23.0 Å². The smallest absolute Gasteiger partial charge is 0.270 e. The molecule has 0 atom stereocenters. The Morgan fingerprint density at radius 1 is 0.889 bits per heavy atom. The highest BCUT2D eigenvalue weighted by atomic mass is 16.6. The van der Waals surface area contributed by atoms with Crippen molar-refractivity contribution in [1.82, 2.24) is 0 Å². The van der Waals surface area contributed by atoms with Crippen LogP contribution in [0.2, 0.25) is 0 Å². The molecule has 0 aromatic heterocycles. The Morgan fingerprint density at radius 3 is 2.14 bits per heavy atom. The van der Waals surface area contributed by atoms with E-state index in [1.807, 2.05) is 12.1 Å². The number of nitrogens with zero attached hydrogens (tertiary/aromatic N) is 1. The molecule has 9 heteroatoms. The van der Waals surface area contributed by atoms with Crippen molar-refractivity contribution in [3.05, 3.63) is 87.5 Å². The number of methoxy groups -OCH3 is 4. The van der Waals surface area contributed by atoms with Gasteiger partial charge in [0.2, 0.25) is 5.75 Å². The third-order valence-corrected chi connectivity index (χ3v) is 5.89. The van der Waals surface area contributed by atoms with Gasteiger partial charge < -0.3 is 24.3 Å². The first-order valence-corrected chi connectivity index (χ1v) is 10.8. The number of benzene rings is 3. The summed E-state index contributed by atoms with van der Waals surface area (Å²) in [6.45, 7) is 4.24. The van der Waals surface area contributed by atoms with E-state index in [4.69, 9.17) is 18.9 Å². The summed E-state index contributed by atoms with van der Waals surface area (Å²) in [7, 11) is 6.13. The number of hydrogen-bond donors (Lipinski definition) is 1. The molecule has 1 aliphatic heterocycles. The van der Waals surface area contributed by atoms with Crippen LogP contribution in [0.4, 0.5) is 11.4 Å². The first-order valence-electron chi connectivity index (χ1n) is 10.8. The van der Waals surface area contributed by atoms with Gasteiger partial charge in [-0.15, -0.1) is 0 Å². The summed E-state index contributed by atoms with van der Waals surface area (Å²) in [5.41, 5.74) is 3.92. The number of amides is 1. The Kier molecular flexibility index (Phi) is 6.64. The van der Waals surface area contributed by atoms with Gasteiger partial charge in [0.05, 0.1) is 33.4 Å². The maximum Gasteiger partial charge on any atom is 0.270 e. The third kappa shape index (κ3) is 4.34. The average molecular weight is 488 g/mol. The van der Waals surface area contributed by atoms with E-state index in [1.165, 1.54) is 46.6 Å². The maximum atomic E-state index is 12.7. The molecule has 0 fully saturated rings. The van der Waals surface area contributed by atoms with Gasteiger partial charge in [-0.2, -0.15) is 0 Å². The van der Waals surface area contributed by atoms with E-state index >= 15 is 0 Å². The molecule has 1 N–H and O–H groups in total. The summed E-state index contributed by atoms with van der Waals surface area (Å²) in [6, 6.07) is 13.3. The number of non-ortho nitro benzene ring substituents is 1. The molecule has 1 amide bonds. The molecule has 36 heavy (non-hydrogen) atoms. The highest BCUT2D eigenvalue weighted by molar-refractivity contribution is 6.35. The van der Waals surface area contributed by atoms with Gasteiger partial charge in [-0.1, -0.05) is 12.6 Å². The second-order valence-corrected chi connectivity index (χ2v) is 7.85. The SMILES string of the molecule is C=C(c1ccc(OC)c(/C=C2/C(=O)Nc3ccc([N+](=O)[O-])cc32)c1)c1cc(OC)c(OC)c(OC)c1. The predicted octanol–water partition coefficient (Wildman–Crippen LogP) is 5.18. The van der Waals surface area contributed by atoms with Gasteiger partial charge >= 0.3 is 0 Å². The van der Waals surface area contributed by atoms with Crippen molar-refractivity contribution in [2.24, 2.45) is 0 Å². The minimum Gasteiger partial charge on any atom is -0.496 e. The van der Waals surface area contributed by atoms with Crippen LogP contribution in [0.5, 0.6) is 23.0 Å². The van der Waals surface area contributed by atoms with E-state index in [2.05, 4.69) is 11.9 Å². The van der Waals surface area contributed by atoms with E-state index in [1.54, 1.807) is 24.3 Å². The van der Waals surface area contributed by atoms with Gasteiger partial charge in [0, 0.05) is 34.5 Å². The number of nitro groups is 1. The molecule has 0 aliphatic carbocycles. The lowest BCUT2D eigenvalue weighted by Crippen LogP contribution is -2.03. The van der Waals surface area contributed by atoms with Crippen molar-refractivity contribution in [3.63, 3.8) is 0 Å². The number of nitrogens with one attached hydrogen (secondary N) is 1. The number of rotatable bonds is 8. The fourth-order valence-corrected chi connectivity index (χ4v) is 4.05. The van der Waals surface area contributed by atoms with Gasteiger partial charge in [0.25, 0.3) is 11.6 Å². The first kappa shape index (κ1) is 24.3. The van der Waals surface area contributed by atoms with Crippen molar-refractivity contribution in [2.45, 2.75) is 0 Å². The molecular formula is C27H24N2O7. The second kappa shape index (κ2) is 9.83. The summed E-state index contributed by atoms with van der Waals surface area (Å²) >= 11 is 0. The number of nitro benzene ring substituents is 1. The van der Waals surface area contributed by atoms with Crippen LogP contribution in [0.1, 0.15) is 22.3 Å². The molecule has 0 spiro atoms. The average Bonchev–Trinajstić information content (AvgIpc) is 3.21. The van der Waals surface area contributed by atoms with E-state index in [9.17, 15) is 14.9 Å². The van der Waals surface area contributed by atoms with Gasteiger partial charge in [-0.05, 0) is 53.1 Å². The fraction of sp³-hybridized carbons (Fsp3) is 0.148. The van der Waals surface area contributed by atoms with Crippen LogP contribution in [0, 0.1) is 10.1 Å². The molecular weight excluding hydrogens is 464 g/mol. The lowest BCUT2D eigenvalue weighted by molar-refractivity contribution is -0.384. The Bertz CT molecular complexity index is 1400. The van der Waals surface area contributed by atoms with E-state index in [0.29, 0.717) is 51.0 Å². The minimum absolute atomic E-state index is 0.104. The number of fused-ring (bicyclic) bond motifs is 1. The topological polar surface area (TPSA) is 109 Å². The quantitative estimate of drug-likeness (QED) is 0.264. The highest BCUT2D eigenvalue weighted by Gasteiger charge is 2.27. The largest absolute Gasteiger partial charge is 0.496 e. The van der Waals surface area contributed by atoms with Crippen molar-refractivity contribution in [1.29, 1.82) is 0 Å². The zero-order valence-corrected chi connectivity index (χ0v) is 20.2. The van der Waals surface area contributed by atoms with E-state index in [0.717, 1.165) is 11.1 Å². The number of carbonyl (C=O) groups is 1. The predicted molar refractivity (Wildman–Crippen MR) is 137 cm³/mol. The summed E-state index contributed by atoms with van der Waals surface area (Å²) < 4.78 is 21.8. The molecule has 3 aromatic carbocycles. The lowest BCUT2D eigenvalue weighted by atomic mass is 9.95. The zero-order chi connectivity index (χ0) is 26.0. The van der Waals surface area contributed by atoms with Crippen LogP contribution in [0.3, 0.4) is 0 Å². The molecule has 184 valence electrons. The number of ether oxygens (including phenoxy) is 4. The van der Waals surface area contributed by atoms with Crippen LogP contribution < -0.4 is 24.3 Å². The molecule has 0 saturated carbocycles. The highest BCUT2D eigenvalue weighted by Crippen LogP contribution is 2.42. The van der Waals surface area contributed by atoms with Gasteiger partial charge in [0.1, 0.15) is 5.75 Å². The molecule has 0 unspecified atom stereocenters. The third-order valence-electron chi connectivity index (χ3n) is 5.89. The lowest BCUT2D eigenvalue weighted by Gasteiger charge is -2.16. The summed E-state index contributed by atoms with van der Waals surface area (Å²) in [6.07, 6.45) is 1.65. The monoisotopic (exact) mass is 488 g/mol. The minimum atomic E-state index is -0.497. The van der Waals surface area contributed by atoms with Crippen LogP contribution in [-0.2, 0) is 4.79 Å². The number of hydrogen-bond acceptors (Lipinski definition) is 7. The summed E-state index contributed by atoms with van der Waals surface area (Å²) in [4.78, 5) is 23.5. The van der Waals surface area contributed by atoms with E-state index < -0.39 is 4.92 Å². The van der Waals surface area contributed by atoms with Gasteiger partial charge in [-0.25, -0.2) is 0 Å². The number of carbonyl (C=O) groups excluding carboxylic acids is 1. The molecule has 0 saturated heterocycles. The molecule has 1 heterocycles. The molecule has 3 aromatic rings. The van der Waals surface area contributed by atoms with Crippen molar-refractivity contribution < 1.29 is 28.7 Å². The second-order valence-electron chi connectivity index (χ2n) is 7.85. The summed E-state index contributed by atoms with van der Waals surface area (Å²) in [5, 5.41) is 14.0. The molecule has 0 bridgehead atoms. The first-order chi connectivity index (χ1) is 17.3. The normalized spacial score (nSPS) is 13.1. The maximum absolute atomic E-state index is 12.7. The Balaban J connectivity index is 1.80. The summed E-state index contributed by atoms with van der Waals surface area (Å²) in [5.74, 6) is 1.61. The van der Waals surface area contributed by atoms with Crippen LogP contribution >= 0.6 is 0 Å². The van der Waals surface area contributed by atoms with Crippen LogP contribution in [-0.4, -0.2) is 39.3 Å². The Labute approximate surface area is 207 Å². The fourth-order valence-electron chi connectivity index (χ4n) is 4.05. The van der Waals surface area contributed by atoms with E-state index in [-0.39, 0.29) is 11.6 Å². The Hall–Kier alpha value is -4.79. The van der Waals surface area contributed by atoms with Gasteiger partial charge in [-0.3, -0.25) is 14.9 Å². The van der Waals surface area contributed by atoms with Crippen molar-refractivity contribution >= 4 is 34.5 Å². The standard InChI is InChI=1S/C27H24N2O7/c1-15(17-12-24(34-3)26(36-5)25(13-17)35-4)16-6-9-23(33-2)18(10-16)11-21-20-14-19(29(31)32)7-8-22(20)28-27(21)30/h6-14H,1H2,2-5H3,(H,28,30)/b21-11+. The molecule has 4 rings (SSSR count).